The number of amides is 2. The van der Waals surface area contributed by atoms with Crippen LogP contribution in [-0.4, -0.2) is 38.5 Å². The van der Waals surface area contributed by atoms with Crippen LogP contribution in [0.5, 0.6) is 0 Å². The highest BCUT2D eigenvalue weighted by Crippen LogP contribution is 2.14. The molecule has 1 aromatic rings. The molecule has 0 aromatic heterocycles. The highest BCUT2D eigenvalue weighted by atomic mass is 16.2. The topological polar surface area (TPSA) is 61.4 Å². The summed E-state index contributed by atoms with van der Waals surface area (Å²) in [4.78, 5) is 25.7. The van der Waals surface area contributed by atoms with Crippen molar-refractivity contribution < 1.29 is 9.59 Å². The molecule has 0 aliphatic carbocycles. The van der Waals surface area contributed by atoms with Gasteiger partial charge in [-0.15, -0.1) is 0 Å². The lowest BCUT2D eigenvalue weighted by molar-refractivity contribution is -0.128. The number of rotatable bonds is 7. The number of carbonyl (C=O) groups is 2. The van der Waals surface area contributed by atoms with E-state index in [9.17, 15) is 9.59 Å². The normalized spacial score (nSPS) is 12.4. The number of hydrogen-bond donors (Lipinski definition) is 2. The summed E-state index contributed by atoms with van der Waals surface area (Å²) >= 11 is 0. The highest BCUT2D eigenvalue weighted by Gasteiger charge is 2.20. The van der Waals surface area contributed by atoms with Crippen molar-refractivity contribution in [2.24, 2.45) is 5.41 Å². The lowest BCUT2D eigenvalue weighted by atomic mass is 9.96. The summed E-state index contributed by atoms with van der Waals surface area (Å²) in [5.41, 5.74) is 1.92. The smallest absolute Gasteiger partial charge is 0.225 e. The summed E-state index contributed by atoms with van der Waals surface area (Å²) in [5, 5.41) is 5.77. The Kier molecular flexibility index (Phi) is 7.26. The molecule has 0 heterocycles. The van der Waals surface area contributed by atoms with Gasteiger partial charge in [0.25, 0.3) is 0 Å². The van der Waals surface area contributed by atoms with Crippen molar-refractivity contribution in [1.82, 2.24) is 10.6 Å². The number of carbonyl (C=O) groups excluding carboxylic acids is 2. The SMILES string of the molecule is CC(Cc1ccc(N(C)C)cc1)NC(=O)CCNC(=O)C(C)(C)C. The van der Waals surface area contributed by atoms with Crippen LogP contribution in [0.15, 0.2) is 24.3 Å². The van der Waals surface area contributed by atoms with E-state index in [0.29, 0.717) is 13.0 Å². The molecule has 1 atom stereocenters. The Balaban J connectivity index is 2.35. The predicted molar refractivity (Wildman–Crippen MR) is 99.2 cm³/mol. The number of nitrogens with zero attached hydrogens (tertiary/aromatic N) is 1. The number of anilines is 1. The molecule has 2 amide bonds. The third kappa shape index (κ3) is 7.02. The molecule has 0 saturated carbocycles. The van der Waals surface area contributed by atoms with Gasteiger partial charge in [0, 0.05) is 44.2 Å². The predicted octanol–water partition coefficient (Wildman–Crippen LogP) is 2.35. The molecule has 2 N–H and O–H groups in total. The first-order valence-electron chi connectivity index (χ1n) is 8.43. The summed E-state index contributed by atoms with van der Waals surface area (Å²) in [5.74, 6) is -0.0778. The van der Waals surface area contributed by atoms with E-state index in [-0.39, 0.29) is 17.9 Å². The van der Waals surface area contributed by atoms with Crippen LogP contribution >= 0.6 is 0 Å². The Hall–Kier alpha value is -2.04. The standard InChI is InChI=1S/C19H31N3O2/c1-14(13-15-7-9-16(10-8-15)22(5)6)21-17(23)11-12-20-18(24)19(2,3)4/h7-10,14H,11-13H2,1-6H3,(H,20,24)(H,21,23). The quantitative estimate of drug-likeness (QED) is 0.805. The molecule has 1 unspecified atom stereocenters. The average molecular weight is 333 g/mol. The zero-order valence-corrected chi connectivity index (χ0v) is 15.8. The fourth-order valence-corrected chi connectivity index (χ4v) is 2.24. The minimum Gasteiger partial charge on any atom is -0.378 e. The number of hydrogen-bond acceptors (Lipinski definition) is 3. The van der Waals surface area contributed by atoms with Gasteiger partial charge in [0.1, 0.15) is 0 Å². The van der Waals surface area contributed by atoms with Crippen molar-refractivity contribution in [3.05, 3.63) is 29.8 Å². The molecule has 0 radical (unpaired) electrons. The number of nitrogens with one attached hydrogen (secondary N) is 2. The fraction of sp³-hybridized carbons (Fsp3) is 0.579. The van der Waals surface area contributed by atoms with Crippen molar-refractivity contribution in [2.45, 2.75) is 46.6 Å². The van der Waals surface area contributed by atoms with E-state index >= 15 is 0 Å². The van der Waals surface area contributed by atoms with Gasteiger partial charge in [-0.25, -0.2) is 0 Å². The second kappa shape index (κ2) is 8.71. The zero-order chi connectivity index (χ0) is 18.3. The van der Waals surface area contributed by atoms with Gasteiger partial charge in [0.15, 0.2) is 0 Å². The van der Waals surface area contributed by atoms with Crippen molar-refractivity contribution in [3.63, 3.8) is 0 Å². The van der Waals surface area contributed by atoms with Gasteiger partial charge >= 0.3 is 0 Å². The van der Waals surface area contributed by atoms with Crippen LogP contribution in [0.25, 0.3) is 0 Å². The van der Waals surface area contributed by atoms with Crippen molar-refractivity contribution in [1.29, 1.82) is 0 Å². The van der Waals surface area contributed by atoms with E-state index in [1.54, 1.807) is 0 Å². The maximum Gasteiger partial charge on any atom is 0.225 e. The van der Waals surface area contributed by atoms with E-state index in [4.69, 9.17) is 0 Å². The van der Waals surface area contributed by atoms with E-state index in [2.05, 4.69) is 39.8 Å². The van der Waals surface area contributed by atoms with Gasteiger partial charge in [-0.05, 0) is 31.0 Å². The first kappa shape index (κ1) is 20.0. The lowest BCUT2D eigenvalue weighted by Crippen LogP contribution is -2.39. The van der Waals surface area contributed by atoms with Crippen LogP contribution in [0.3, 0.4) is 0 Å². The Morgan fingerprint density at radius 1 is 1.12 bits per heavy atom. The monoisotopic (exact) mass is 333 g/mol. The summed E-state index contributed by atoms with van der Waals surface area (Å²) in [6.45, 7) is 7.92. The summed E-state index contributed by atoms with van der Waals surface area (Å²) in [6, 6.07) is 8.38. The molecule has 1 rings (SSSR count). The van der Waals surface area contributed by atoms with Crippen LogP contribution in [0.4, 0.5) is 5.69 Å². The van der Waals surface area contributed by atoms with Gasteiger partial charge in [-0.2, -0.15) is 0 Å². The molecule has 0 spiro atoms. The Labute approximate surface area is 145 Å². The van der Waals surface area contributed by atoms with Crippen LogP contribution in [-0.2, 0) is 16.0 Å². The maximum atomic E-state index is 11.9. The Morgan fingerprint density at radius 2 is 1.71 bits per heavy atom. The van der Waals surface area contributed by atoms with Gasteiger partial charge in [-0.1, -0.05) is 32.9 Å². The minimum atomic E-state index is -0.428. The molecule has 24 heavy (non-hydrogen) atoms. The molecule has 0 aliphatic rings. The lowest BCUT2D eigenvalue weighted by Gasteiger charge is -2.18. The highest BCUT2D eigenvalue weighted by molar-refractivity contribution is 5.82. The molecule has 0 saturated heterocycles. The first-order chi connectivity index (χ1) is 11.1. The van der Waals surface area contributed by atoms with Crippen molar-refractivity contribution in [2.75, 3.05) is 25.5 Å². The number of benzene rings is 1. The maximum absolute atomic E-state index is 11.9. The van der Waals surface area contributed by atoms with Crippen molar-refractivity contribution in [3.8, 4) is 0 Å². The molecule has 0 bridgehead atoms. The summed E-state index contributed by atoms with van der Waals surface area (Å²) in [6.07, 6.45) is 1.08. The molecule has 5 nitrogen and oxygen atoms in total. The molecule has 134 valence electrons. The largest absolute Gasteiger partial charge is 0.378 e. The second-order valence-electron chi connectivity index (χ2n) is 7.49. The minimum absolute atomic E-state index is 0.0377. The van der Waals surface area contributed by atoms with Gasteiger partial charge in [0.2, 0.25) is 11.8 Å². The van der Waals surface area contributed by atoms with Crippen LogP contribution < -0.4 is 15.5 Å². The van der Waals surface area contributed by atoms with E-state index in [1.165, 1.54) is 5.56 Å². The van der Waals surface area contributed by atoms with E-state index in [1.807, 2.05) is 41.8 Å². The molecule has 0 aliphatic heterocycles. The first-order valence-corrected chi connectivity index (χ1v) is 8.43. The van der Waals surface area contributed by atoms with Crippen LogP contribution in [0.2, 0.25) is 0 Å². The third-order valence-electron chi connectivity index (χ3n) is 3.72. The van der Waals surface area contributed by atoms with E-state index in [0.717, 1.165) is 12.1 Å². The molecule has 5 heteroatoms. The molecular weight excluding hydrogens is 302 g/mol. The fourth-order valence-electron chi connectivity index (χ4n) is 2.24. The molecule has 0 fully saturated rings. The van der Waals surface area contributed by atoms with Crippen molar-refractivity contribution >= 4 is 17.5 Å². The molecular formula is C19H31N3O2. The Morgan fingerprint density at radius 3 is 2.21 bits per heavy atom. The van der Waals surface area contributed by atoms with Gasteiger partial charge in [-0.3, -0.25) is 9.59 Å². The zero-order valence-electron chi connectivity index (χ0n) is 15.8. The van der Waals surface area contributed by atoms with Gasteiger partial charge in [0.05, 0.1) is 0 Å². The van der Waals surface area contributed by atoms with Crippen LogP contribution in [0.1, 0.15) is 39.7 Å². The average Bonchev–Trinajstić information content (AvgIpc) is 2.46. The third-order valence-corrected chi connectivity index (χ3v) is 3.72. The summed E-state index contributed by atoms with van der Waals surface area (Å²) < 4.78 is 0. The second-order valence-corrected chi connectivity index (χ2v) is 7.49. The summed E-state index contributed by atoms with van der Waals surface area (Å²) in [7, 11) is 4.02. The van der Waals surface area contributed by atoms with E-state index < -0.39 is 5.41 Å². The Bertz CT molecular complexity index is 545. The van der Waals surface area contributed by atoms with Gasteiger partial charge < -0.3 is 15.5 Å². The van der Waals surface area contributed by atoms with Crippen LogP contribution in [0, 0.1) is 5.41 Å². The molecule has 1 aromatic carbocycles.